The van der Waals surface area contributed by atoms with E-state index in [1.807, 2.05) is 38.1 Å². The normalized spacial score (nSPS) is 11.7. The molecule has 0 aromatic heterocycles. The lowest BCUT2D eigenvalue weighted by Crippen LogP contribution is -2.28. The number of rotatable bonds is 7. The first-order valence-corrected chi connectivity index (χ1v) is 9.57. The Morgan fingerprint density at radius 1 is 1.00 bits per heavy atom. The average Bonchev–Trinajstić information content (AvgIpc) is 2.51. The van der Waals surface area contributed by atoms with E-state index < -0.39 is 10.0 Å². The van der Waals surface area contributed by atoms with E-state index in [4.69, 9.17) is 4.74 Å². The minimum atomic E-state index is -3.50. The third kappa shape index (κ3) is 5.08. The van der Waals surface area contributed by atoms with Crippen molar-refractivity contribution in [2.75, 3.05) is 13.2 Å². The molecule has 0 aliphatic carbocycles. The fourth-order valence-corrected chi connectivity index (χ4v) is 3.49. The molecule has 4 nitrogen and oxygen atoms in total. The number of benzene rings is 2. The molecule has 1 N–H and O–H groups in total. The van der Waals surface area contributed by atoms with Gasteiger partial charge in [0.2, 0.25) is 10.0 Å². The average molecular weight is 347 g/mol. The molecule has 24 heavy (non-hydrogen) atoms. The van der Waals surface area contributed by atoms with Crippen molar-refractivity contribution in [2.45, 2.75) is 38.5 Å². The second kappa shape index (κ2) is 7.81. The zero-order valence-electron chi connectivity index (χ0n) is 14.7. The van der Waals surface area contributed by atoms with E-state index in [2.05, 4.69) is 24.6 Å². The Balaban J connectivity index is 1.90. The minimum absolute atomic E-state index is 0.223. The largest absolute Gasteiger partial charge is 0.492 e. The molecule has 0 atom stereocenters. The van der Waals surface area contributed by atoms with Crippen LogP contribution in [0, 0.1) is 13.8 Å². The van der Waals surface area contributed by atoms with Gasteiger partial charge in [0.1, 0.15) is 12.4 Å². The van der Waals surface area contributed by atoms with Gasteiger partial charge in [0.25, 0.3) is 0 Å². The molecule has 0 spiro atoms. The number of nitrogens with one attached hydrogen (secondary N) is 1. The Bertz CT molecular complexity index is 761. The van der Waals surface area contributed by atoms with Crippen LogP contribution in [0.15, 0.2) is 47.4 Å². The molecule has 0 bridgehead atoms. The molecule has 0 amide bonds. The van der Waals surface area contributed by atoms with Gasteiger partial charge in [0, 0.05) is 6.54 Å². The van der Waals surface area contributed by atoms with Crippen molar-refractivity contribution in [3.8, 4) is 5.75 Å². The zero-order chi connectivity index (χ0) is 17.7. The number of sulfonamides is 1. The second-order valence-electron chi connectivity index (χ2n) is 6.29. The van der Waals surface area contributed by atoms with Crippen LogP contribution in [0.5, 0.6) is 5.75 Å². The first kappa shape index (κ1) is 18.5. The van der Waals surface area contributed by atoms with Gasteiger partial charge in [-0.15, -0.1) is 0 Å². The second-order valence-corrected chi connectivity index (χ2v) is 8.06. The van der Waals surface area contributed by atoms with Gasteiger partial charge in [-0.3, -0.25) is 0 Å². The number of hydrogen-bond donors (Lipinski definition) is 1. The standard InChI is InChI=1S/C19H25NO3S/c1-14(2)17-5-7-19(8-6-17)24(21,22)20-9-10-23-18-12-15(3)11-16(4)13-18/h5-8,11-14,20H,9-10H2,1-4H3. The summed E-state index contributed by atoms with van der Waals surface area (Å²) in [6, 6.07) is 12.9. The van der Waals surface area contributed by atoms with Crippen LogP contribution in [0.1, 0.15) is 36.5 Å². The van der Waals surface area contributed by atoms with Crippen molar-refractivity contribution in [3.63, 3.8) is 0 Å². The fourth-order valence-electron chi connectivity index (χ4n) is 2.48. The lowest BCUT2D eigenvalue weighted by atomic mass is 10.0. The predicted molar refractivity (Wildman–Crippen MR) is 97.1 cm³/mol. The van der Waals surface area contributed by atoms with E-state index in [0.29, 0.717) is 5.92 Å². The van der Waals surface area contributed by atoms with Crippen molar-refractivity contribution < 1.29 is 13.2 Å². The van der Waals surface area contributed by atoms with Gasteiger partial charge < -0.3 is 4.74 Å². The molecule has 2 aromatic rings. The third-order valence-electron chi connectivity index (χ3n) is 3.72. The van der Waals surface area contributed by atoms with E-state index in [9.17, 15) is 8.42 Å². The summed E-state index contributed by atoms with van der Waals surface area (Å²) < 4.78 is 32.7. The maximum absolute atomic E-state index is 12.3. The van der Waals surface area contributed by atoms with Crippen molar-refractivity contribution in [3.05, 3.63) is 59.2 Å². The number of aryl methyl sites for hydroxylation is 2. The highest BCUT2D eigenvalue weighted by Crippen LogP contribution is 2.18. The van der Waals surface area contributed by atoms with Gasteiger partial charge in [0.15, 0.2) is 0 Å². The van der Waals surface area contributed by atoms with E-state index in [-0.39, 0.29) is 18.0 Å². The summed E-state index contributed by atoms with van der Waals surface area (Å²) in [4.78, 5) is 0.276. The van der Waals surface area contributed by atoms with Crippen LogP contribution >= 0.6 is 0 Å². The van der Waals surface area contributed by atoms with Crippen LogP contribution in [-0.2, 0) is 10.0 Å². The summed E-state index contributed by atoms with van der Waals surface area (Å²) in [5, 5.41) is 0. The molecule has 130 valence electrons. The molecule has 2 aromatic carbocycles. The van der Waals surface area contributed by atoms with Crippen LogP contribution < -0.4 is 9.46 Å². The zero-order valence-corrected chi connectivity index (χ0v) is 15.5. The van der Waals surface area contributed by atoms with Gasteiger partial charge in [-0.2, -0.15) is 0 Å². The van der Waals surface area contributed by atoms with Crippen LogP contribution in [0.3, 0.4) is 0 Å². The lowest BCUT2D eigenvalue weighted by molar-refractivity contribution is 0.322. The maximum atomic E-state index is 12.3. The first-order valence-electron chi connectivity index (χ1n) is 8.08. The van der Waals surface area contributed by atoms with Crippen molar-refractivity contribution in [2.24, 2.45) is 0 Å². The van der Waals surface area contributed by atoms with Crippen LogP contribution in [-0.4, -0.2) is 21.6 Å². The summed E-state index contributed by atoms with van der Waals surface area (Å²) in [5.74, 6) is 1.13. The highest BCUT2D eigenvalue weighted by molar-refractivity contribution is 7.89. The van der Waals surface area contributed by atoms with Crippen LogP contribution in [0.4, 0.5) is 0 Å². The Morgan fingerprint density at radius 2 is 1.58 bits per heavy atom. The van der Waals surface area contributed by atoms with Crippen molar-refractivity contribution in [1.82, 2.24) is 4.72 Å². The smallest absolute Gasteiger partial charge is 0.240 e. The molecular formula is C19H25NO3S. The quantitative estimate of drug-likeness (QED) is 0.776. The van der Waals surface area contributed by atoms with Crippen molar-refractivity contribution >= 4 is 10.0 Å². The molecule has 0 unspecified atom stereocenters. The molecule has 0 fully saturated rings. The van der Waals surface area contributed by atoms with Gasteiger partial charge in [0.05, 0.1) is 4.90 Å². The molecule has 0 radical (unpaired) electrons. The highest BCUT2D eigenvalue weighted by Gasteiger charge is 2.13. The predicted octanol–water partition coefficient (Wildman–Crippen LogP) is 3.78. The van der Waals surface area contributed by atoms with Gasteiger partial charge in [-0.25, -0.2) is 13.1 Å². The highest BCUT2D eigenvalue weighted by atomic mass is 32.2. The maximum Gasteiger partial charge on any atom is 0.240 e. The summed E-state index contributed by atoms with van der Waals surface area (Å²) in [5.41, 5.74) is 3.36. The minimum Gasteiger partial charge on any atom is -0.492 e. The summed E-state index contributed by atoms with van der Waals surface area (Å²) >= 11 is 0. The van der Waals surface area contributed by atoms with E-state index in [1.165, 1.54) is 0 Å². The third-order valence-corrected chi connectivity index (χ3v) is 5.19. The monoisotopic (exact) mass is 347 g/mol. The molecular weight excluding hydrogens is 322 g/mol. The Morgan fingerprint density at radius 3 is 2.12 bits per heavy atom. The summed E-state index contributed by atoms with van der Waals surface area (Å²) in [7, 11) is -3.50. The van der Waals surface area contributed by atoms with Crippen molar-refractivity contribution in [1.29, 1.82) is 0 Å². The van der Waals surface area contributed by atoms with E-state index in [0.717, 1.165) is 22.4 Å². The molecule has 0 saturated heterocycles. The molecule has 5 heteroatoms. The lowest BCUT2D eigenvalue weighted by Gasteiger charge is -2.11. The van der Waals surface area contributed by atoms with E-state index >= 15 is 0 Å². The summed E-state index contributed by atoms with van der Waals surface area (Å²) in [6.07, 6.45) is 0. The van der Waals surface area contributed by atoms with Crippen LogP contribution in [0.25, 0.3) is 0 Å². The van der Waals surface area contributed by atoms with Gasteiger partial charge >= 0.3 is 0 Å². The molecule has 0 aliphatic rings. The van der Waals surface area contributed by atoms with Gasteiger partial charge in [-0.05, 0) is 60.7 Å². The van der Waals surface area contributed by atoms with Gasteiger partial charge in [-0.1, -0.05) is 32.0 Å². The van der Waals surface area contributed by atoms with E-state index in [1.54, 1.807) is 12.1 Å². The molecule has 0 heterocycles. The summed E-state index contributed by atoms with van der Waals surface area (Å²) in [6.45, 7) is 8.67. The van der Waals surface area contributed by atoms with Crippen LogP contribution in [0.2, 0.25) is 0 Å². The molecule has 0 aliphatic heterocycles. The molecule has 2 rings (SSSR count). The number of hydrogen-bond acceptors (Lipinski definition) is 3. The Kier molecular flexibility index (Phi) is 6.02. The Labute approximate surface area is 144 Å². The SMILES string of the molecule is Cc1cc(C)cc(OCCNS(=O)(=O)c2ccc(C(C)C)cc2)c1. The topological polar surface area (TPSA) is 55.4 Å². The molecule has 0 saturated carbocycles. The first-order chi connectivity index (χ1) is 11.3. The number of ether oxygens (including phenoxy) is 1. The fraction of sp³-hybridized carbons (Fsp3) is 0.368. The Hall–Kier alpha value is -1.85.